The smallest absolute Gasteiger partial charge is 0.193 e. The van der Waals surface area contributed by atoms with Crippen LogP contribution < -0.4 is 5.32 Å². The predicted molar refractivity (Wildman–Crippen MR) is 85.6 cm³/mol. The van der Waals surface area contributed by atoms with Crippen molar-refractivity contribution in [1.29, 1.82) is 0 Å². The molecule has 1 N–H and O–H groups in total. The minimum absolute atomic E-state index is 0.647. The van der Waals surface area contributed by atoms with Crippen LogP contribution in [-0.4, -0.2) is 63.0 Å². The average molecular weight is 296 g/mol. The number of nitrogens with one attached hydrogen (secondary N) is 1. The van der Waals surface area contributed by atoms with Crippen LogP contribution in [-0.2, 0) is 23.1 Å². The Morgan fingerprint density at radius 2 is 2.19 bits per heavy atom. The quantitative estimate of drug-likeness (QED) is 0.421. The van der Waals surface area contributed by atoms with E-state index in [9.17, 15) is 0 Å². The van der Waals surface area contributed by atoms with Gasteiger partial charge in [-0.05, 0) is 18.6 Å². The highest BCUT2D eigenvalue weighted by atomic mass is 16.5. The molecule has 1 aromatic heterocycles. The van der Waals surface area contributed by atoms with Crippen molar-refractivity contribution in [2.45, 2.75) is 13.0 Å². The van der Waals surface area contributed by atoms with Gasteiger partial charge < -0.3 is 24.3 Å². The summed E-state index contributed by atoms with van der Waals surface area (Å²) in [6.45, 7) is 3.70. The fourth-order valence-corrected chi connectivity index (χ4v) is 1.98. The van der Waals surface area contributed by atoms with E-state index in [1.165, 1.54) is 5.69 Å². The topological polar surface area (TPSA) is 51.0 Å². The number of guanidine groups is 1. The molecule has 1 rings (SSSR count). The minimum Gasteiger partial charge on any atom is -0.382 e. The summed E-state index contributed by atoms with van der Waals surface area (Å²) in [5, 5.41) is 3.35. The van der Waals surface area contributed by atoms with Crippen LogP contribution in [0.4, 0.5) is 0 Å². The standard InChI is InChI=1S/C15H28N4O2/c1-16-15(17-8-6-10-21-12-11-20-4)19(3)13-14-7-5-9-18(14)2/h5,7,9H,6,8,10-13H2,1-4H3,(H,16,17). The summed E-state index contributed by atoms with van der Waals surface area (Å²) in [6.07, 6.45) is 3.00. The van der Waals surface area contributed by atoms with Gasteiger partial charge in [0.15, 0.2) is 5.96 Å². The van der Waals surface area contributed by atoms with Crippen LogP contribution in [0, 0.1) is 0 Å². The second-order valence-corrected chi connectivity index (χ2v) is 4.90. The van der Waals surface area contributed by atoms with Crippen molar-refractivity contribution < 1.29 is 9.47 Å². The number of aliphatic imine (C=N–C) groups is 1. The molecule has 120 valence electrons. The Balaban J connectivity index is 2.23. The van der Waals surface area contributed by atoms with Gasteiger partial charge in [0.2, 0.25) is 0 Å². The van der Waals surface area contributed by atoms with Gasteiger partial charge in [-0.15, -0.1) is 0 Å². The van der Waals surface area contributed by atoms with Crippen molar-refractivity contribution in [1.82, 2.24) is 14.8 Å². The van der Waals surface area contributed by atoms with Crippen LogP contribution in [0.2, 0.25) is 0 Å². The van der Waals surface area contributed by atoms with Gasteiger partial charge in [0.25, 0.3) is 0 Å². The van der Waals surface area contributed by atoms with Crippen LogP contribution in [0.3, 0.4) is 0 Å². The maximum atomic E-state index is 5.43. The van der Waals surface area contributed by atoms with E-state index in [0.717, 1.165) is 32.1 Å². The summed E-state index contributed by atoms with van der Waals surface area (Å²) < 4.78 is 12.5. The fraction of sp³-hybridized carbons (Fsp3) is 0.667. The van der Waals surface area contributed by atoms with Gasteiger partial charge in [-0.1, -0.05) is 0 Å². The number of aryl methyl sites for hydroxylation is 1. The fourth-order valence-electron chi connectivity index (χ4n) is 1.98. The molecule has 0 bridgehead atoms. The molecule has 6 nitrogen and oxygen atoms in total. The molecule has 0 aliphatic heterocycles. The lowest BCUT2D eigenvalue weighted by molar-refractivity contribution is 0.0698. The van der Waals surface area contributed by atoms with E-state index in [1.807, 2.05) is 7.05 Å². The summed E-state index contributed by atoms with van der Waals surface area (Å²) >= 11 is 0. The van der Waals surface area contributed by atoms with Gasteiger partial charge in [0, 0.05) is 53.3 Å². The average Bonchev–Trinajstić information content (AvgIpc) is 2.87. The van der Waals surface area contributed by atoms with Crippen LogP contribution >= 0.6 is 0 Å². The van der Waals surface area contributed by atoms with Crippen LogP contribution in [0.1, 0.15) is 12.1 Å². The first-order chi connectivity index (χ1) is 10.2. The lowest BCUT2D eigenvalue weighted by atomic mass is 10.4. The number of nitrogens with zero attached hydrogens (tertiary/aromatic N) is 3. The Kier molecular flexibility index (Phi) is 8.54. The molecule has 0 aromatic carbocycles. The van der Waals surface area contributed by atoms with Gasteiger partial charge in [0.05, 0.1) is 19.8 Å². The summed E-state index contributed by atoms with van der Waals surface area (Å²) in [6, 6.07) is 4.17. The van der Waals surface area contributed by atoms with E-state index < -0.39 is 0 Å². The monoisotopic (exact) mass is 296 g/mol. The lowest BCUT2D eigenvalue weighted by Gasteiger charge is -2.22. The highest BCUT2D eigenvalue weighted by molar-refractivity contribution is 5.79. The summed E-state index contributed by atoms with van der Waals surface area (Å²) in [5.41, 5.74) is 1.25. The number of hydrogen-bond donors (Lipinski definition) is 1. The zero-order chi connectivity index (χ0) is 15.5. The molecule has 0 fully saturated rings. The van der Waals surface area contributed by atoms with E-state index in [2.05, 4.69) is 45.2 Å². The summed E-state index contributed by atoms with van der Waals surface area (Å²) in [7, 11) is 7.57. The molecule has 21 heavy (non-hydrogen) atoms. The van der Waals surface area contributed by atoms with Crippen molar-refractivity contribution in [2.75, 3.05) is 47.6 Å². The molecule has 0 spiro atoms. The molecular formula is C15H28N4O2. The van der Waals surface area contributed by atoms with Gasteiger partial charge in [-0.2, -0.15) is 0 Å². The lowest BCUT2D eigenvalue weighted by Crippen LogP contribution is -2.39. The van der Waals surface area contributed by atoms with Crippen molar-refractivity contribution in [3.63, 3.8) is 0 Å². The first-order valence-electron chi connectivity index (χ1n) is 7.27. The van der Waals surface area contributed by atoms with E-state index in [1.54, 1.807) is 14.2 Å². The van der Waals surface area contributed by atoms with Crippen LogP contribution in [0.25, 0.3) is 0 Å². The molecule has 0 unspecified atom stereocenters. The molecule has 1 aromatic rings. The van der Waals surface area contributed by atoms with E-state index in [0.29, 0.717) is 13.2 Å². The third-order valence-electron chi connectivity index (χ3n) is 3.20. The maximum absolute atomic E-state index is 5.43. The van der Waals surface area contributed by atoms with E-state index >= 15 is 0 Å². The summed E-state index contributed by atoms with van der Waals surface area (Å²) in [4.78, 5) is 6.42. The van der Waals surface area contributed by atoms with E-state index in [-0.39, 0.29) is 0 Å². The highest BCUT2D eigenvalue weighted by Crippen LogP contribution is 2.03. The number of ether oxygens (including phenoxy) is 2. The highest BCUT2D eigenvalue weighted by Gasteiger charge is 2.07. The Labute approximate surface area is 127 Å². The molecule has 0 saturated carbocycles. The third-order valence-corrected chi connectivity index (χ3v) is 3.20. The molecule has 0 aliphatic carbocycles. The first kappa shape index (κ1) is 17.5. The SMILES string of the molecule is CN=C(NCCCOCCOC)N(C)Cc1cccn1C. The number of methoxy groups -OCH3 is 1. The number of aromatic nitrogens is 1. The maximum Gasteiger partial charge on any atom is 0.193 e. The molecule has 0 atom stereocenters. The van der Waals surface area contributed by atoms with Crippen molar-refractivity contribution in [3.8, 4) is 0 Å². The Hall–Kier alpha value is -1.53. The molecule has 1 heterocycles. The second-order valence-electron chi connectivity index (χ2n) is 4.90. The summed E-state index contributed by atoms with van der Waals surface area (Å²) in [5.74, 6) is 0.896. The Morgan fingerprint density at radius 1 is 1.38 bits per heavy atom. The van der Waals surface area contributed by atoms with Crippen molar-refractivity contribution in [2.24, 2.45) is 12.0 Å². The third kappa shape index (κ3) is 6.64. The Morgan fingerprint density at radius 3 is 2.81 bits per heavy atom. The second kappa shape index (κ2) is 10.2. The first-order valence-corrected chi connectivity index (χ1v) is 7.27. The molecule has 0 saturated heterocycles. The number of hydrogen-bond acceptors (Lipinski definition) is 3. The van der Waals surface area contributed by atoms with Gasteiger partial charge >= 0.3 is 0 Å². The van der Waals surface area contributed by atoms with E-state index in [4.69, 9.17) is 9.47 Å². The Bertz CT molecular complexity index is 418. The number of rotatable bonds is 9. The zero-order valence-electron chi connectivity index (χ0n) is 13.6. The van der Waals surface area contributed by atoms with Crippen molar-refractivity contribution >= 4 is 5.96 Å². The molecular weight excluding hydrogens is 268 g/mol. The van der Waals surface area contributed by atoms with Gasteiger partial charge in [-0.3, -0.25) is 4.99 Å². The van der Waals surface area contributed by atoms with Gasteiger partial charge in [-0.25, -0.2) is 0 Å². The zero-order valence-corrected chi connectivity index (χ0v) is 13.6. The molecule has 0 aliphatic rings. The van der Waals surface area contributed by atoms with Crippen LogP contribution in [0.15, 0.2) is 23.3 Å². The molecule has 0 amide bonds. The minimum atomic E-state index is 0.647. The van der Waals surface area contributed by atoms with Gasteiger partial charge in [0.1, 0.15) is 0 Å². The molecule has 0 radical (unpaired) electrons. The predicted octanol–water partition coefficient (Wildman–Crippen LogP) is 1.09. The van der Waals surface area contributed by atoms with Crippen molar-refractivity contribution in [3.05, 3.63) is 24.0 Å². The normalized spacial score (nSPS) is 11.7. The largest absolute Gasteiger partial charge is 0.382 e. The van der Waals surface area contributed by atoms with Crippen LogP contribution in [0.5, 0.6) is 0 Å². The molecule has 6 heteroatoms.